The summed E-state index contributed by atoms with van der Waals surface area (Å²) in [5.74, 6) is 0.777. The zero-order valence-electron chi connectivity index (χ0n) is 13.8. The van der Waals surface area contributed by atoms with Crippen LogP contribution in [0.3, 0.4) is 0 Å². The summed E-state index contributed by atoms with van der Waals surface area (Å²) in [5, 5.41) is 10.2. The Bertz CT molecular complexity index is 777. The molecule has 2 aromatic rings. The monoisotopic (exact) mass is 351 g/mol. The van der Waals surface area contributed by atoms with E-state index in [1.807, 2.05) is 6.07 Å². The first-order valence-corrected chi connectivity index (χ1v) is 8.75. The molecule has 1 N–H and O–H groups in total. The van der Waals surface area contributed by atoms with E-state index in [1.54, 1.807) is 24.3 Å². The van der Waals surface area contributed by atoms with E-state index in [4.69, 9.17) is 9.47 Å². The summed E-state index contributed by atoms with van der Waals surface area (Å²) in [7, 11) is 0.589. The minimum absolute atomic E-state index is 0.0549. The number of aliphatic hydroxyl groups excluding tert-OH is 1. The van der Waals surface area contributed by atoms with Gasteiger partial charge >= 0.3 is 0 Å². The normalized spacial score (nSPS) is 12.9. The van der Waals surface area contributed by atoms with Crippen LogP contribution in [0.25, 0.3) is 0 Å². The highest BCUT2D eigenvalue weighted by atomic mass is 32.2. The van der Waals surface area contributed by atoms with Crippen LogP contribution in [0.5, 0.6) is 11.5 Å². The molecule has 0 amide bonds. The second kappa shape index (κ2) is 7.65. The largest absolute Gasteiger partial charge is 0.493 e. The van der Waals surface area contributed by atoms with E-state index in [1.165, 1.54) is 39.5 Å². The first kappa shape index (κ1) is 18.3. The van der Waals surface area contributed by atoms with Gasteiger partial charge in [0.25, 0.3) is 0 Å². The Morgan fingerprint density at radius 3 is 2.25 bits per heavy atom. The molecule has 2 aromatic carbocycles. The lowest BCUT2D eigenvalue weighted by Gasteiger charge is -2.21. The van der Waals surface area contributed by atoms with Gasteiger partial charge in [0, 0.05) is 19.7 Å². The van der Waals surface area contributed by atoms with Crippen molar-refractivity contribution in [1.29, 1.82) is 0 Å². The van der Waals surface area contributed by atoms with Crippen LogP contribution in [0.2, 0.25) is 0 Å². The fourth-order valence-electron chi connectivity index (χ4n) is 2.28. The van der Waals surface area contributed by atoms with Crippen molar-refractivity contribution >= 4 is 10.0 Å². The molecule has 0 aromatic heterocycles. The van der Waals surface area contributed by atoms with Crippen LogP contribution in [0.1, 0.15) is 11.7 Å². The van der Waals surface area contributed by atoms with E-state index < -0.39 is 16.1 Å². The average molecular weight is 351 g/mol. The maximum absolute atomic E-state index is 12.7. The van der Waals surface area contributed by atoms with Crippen molar-refractivity contribution in [3.63, 3.8) is 0 Å². The first-order valence-electron chi connectivity index (χ1n) is 7.31. The molecule has 1 atom stereocenters. The summed E-state index contributed by atoms with van der Waals surface area (Å²) in [5.41, 5.74) is 0.659. The van der Waals surface area contributed by atoms with Gasteiger partial charge in [0.15, 0.2) is 11.5 Å². The van der Waals surface area contributed by atoms with Gasteiger partial charge in [-0.2, -0.15) is 4.31 Å². The fourth-order valence-corrected chi connectivity index (χ4v) is 3.47. The number of hydrogen-bond acceptors (Lipinski definition) is 5. The Labute approximate surface area is 142 Å². The summed E-state index contributed by atoms with van der Waals surface area (Å²) in [6, 6.07) is 13.3. The highest BCUT2D eigenvalue weighted by molar-refractivity contribution is 7.89. The van der Waals surface area contributed by atoms with Crippen LogP contribution >= 0.6 is 0 Å². The molecule has 0 spiro atoms. The lowest BCUT2D eigenvalue weighted by molar-refractivity contribution is 0.155. The third kappa shape index (κ3) is 3.87. The molecule has 0 saturated heterocycles. The lowest BCUT2D eigenvalue weighted by Crippen LogP contribution is -2.31. The highest BCUT2D eigenvalue weighted by Gasteiger charge is 2.25. The average Bonchev–Trinajstić information content (AvgIpc) is 2.61. The standard InChI is InChI=1S/C17H21NO5S/c1-18(12-15(19)13-7-5-4-6-8-13)24(20,21)14-9-10-16(22-2)17(11-14)23-3/h4-11,15,19H,12H2,1-3H3. The predicted molar refractivity (Wildman–Crippen MR) is 90.8 cm³/mol. The molecule has 1 unspecified atom stereocenters. The molecular formula is C17H21NO5S. The smallest absolute Gasteiger partial charge is 0.243 e. The van der Waals surface area contributed by atoms with Gasteiger partial charge in [0.1, 0.15) is 0 Å². The number of methoxy groups -OCH3 is 2. The summed E-state index contributed by atoms with van der Waals surface area (Å²) in [4.78, 5) is 0.0721. The highest BCUT2D eigenvalue weighted by Crippen LogP contribution is 2.30. The molecular weight excluding hydrogens is 330 g/mol. The maximum Gasteiger partial charge on any atom is 0.243 e. The molecule has 0 aliphatic rings. The van der Waals surface area contributed by atoms with E-state index in [2.05, 4.69) is 0 Å². The second-order valence-electron chi connectivity index (χ2n) is 5.23. The minimum Gasteiger partial charge on any atom is -0.493 e. The van der Waals surface area contributed by atoms with Gasteiger partial charge in [-0.3, -0.25) is 0 Å². The van der Waals surface area contributed by atoms with Gasteiger partial charge in [0.05, 0.1) is 25.2 Å². The molecule has 6 nitrogen and oxygen atoms in total. The number of likely N-dealkylation sites (N-methyl/N-ethyl adjacent to an activating group) is 1. The van der Waals surface area contributed by atoms with Crippen LogP contribution in [0, 0.1) is 0 Å². The molecule has 130 valence electrons. The van der Waals surface area contributed by atoms with Crippen molar-refractivity contribution < 1.29 is 23.0 Å². The minimum atomic E-state index is -3.76. The van der Waals surface area contributed by atoms with Gasteiger partial charge in [-0.15, -0.1) is 0 Å². The quantitative estimate of drug-likeness (QED) is 0.826. The van der Waals surface area contributed by atoms with E-state index >= 15 is 0 Å². The molecule has 0 aliphatic heterocycles. The van der Waals surface area contributed by atoms with Crippen molar-refractivity contribution in [3.05, 3.63) is 54.1 Å². The Hall–Kier alpha value is -2.09. The fraction of sp³-hybridized carbons (Fsp3) is 0.294. The van der Waals surface area contributed by atoms with Crippen LogP contribution in [-0.4, -0.2) is 45.6 Å². The van der Waals surface area contributed by atoms with Crippen molar-refractivity contribution in [2.45, 2.75) is 11.0 Å². The Kier molecular flexibility index (Phi) is 5.82. The number of hydrogen-bond donors (Lipinski definition) is 1. The number of sulfonamides is 1. The first-order chi connectivity index (χ1) is 11.4. The Morgan fingerprint density at radius 1 is 1.04 bits per heavy atom. The van der Waals surface area contributed by atoms with Crippen LogP contribution in [0.15, 0.2) is 53.4 Å². The van der Waals surface area contributed by atoms with Crippen LogP contribution in [-0.2, 0) is 10.0 Å². The zero-order chi connectivity index (χ0) is 17.7. The number of rotatable bonds is 7. The Morgan fingerprint density at radius 2 is 1.67 bits per heavy atom. The summed E-state index contributed by atoms with van der Waals surface area (Å²) in [6.07, 6.45) is -0.911. The van der Waals surface area contributed by atoms with Gasteiger partial charge < -0.3 is 14.6 Å². The third-order valence-corrected chi connectivity index (χ3v) is 5.50. The molecule has 0 bridgehead atoms. The lowest BCUT2D eigenvalue weighted by atomic mass is 10.1. The number of nitrogens with zero attached hydrogens (tertiary/aromatic N) is 1. The van der Waals surface area contributed by atoms with Gasteiger partial charge in [-0.05, 0) is 17.7 Å². The Balaban J connectivity index is 2.23. The summed E-state index contributed by atoms with van der Waals surface area (Å²) in [6.45, 7) is -0.0549. The molecule has 0 radical (unpaired) electrons. The third-order valence-electron chi connectivity index (χ3n) is 3.68. The molecule has 2 rings (SSSR count). The topological polar surface area (TPSA) is 76.1 Å². The summed E-state index contributed by atoms with van der Waals surface area (Å²) >= 11 is 0. The zero-order valence-corrected chi connectivity index (χ0v) is 14.7. The number of aliphatic hydroxyl groups is 1. The van der Waals surface area contributed by atoms with E-state index in [9.17, 15) is 13.5 Å². The molecule has 0 aliphatic carbocycles. The molecule has 0 fully saturated rings. The van der Waals surface area contributed by atoms with Gasteiger partial charge in [-0.25, -0.2) is 8.42 Å². The number of ether oxygens (including phenoxy) is 2. The second-order valence-corrected chi connectivity index (χ2v) is 7.27. The van der Waals surface area contributed by atoms with E-state index in [0.29, 0.717) is 17.1 Å². The maximum atomic E-state index is 12.7. The van der Waals surface area contributed by atoms with Crippen molar-refractivity contribution in [1.82, 2.24) is 4.31 Å². The van der Waals surface area contributed by atoms with E-state index in [-0.39, 0.29) is 11.4 Å². The number of benzene rings is 2. The molecule has 24 heavy (non-hydrogen) atoms. The van der Waals surface area contributed by atoms with Gasteiger partial charge in [0.2, 0.25) is 10.0 Å². The molecule has 0 saturated carbocycles. The van der Waals surface area contributed by atoms with Crippen molar-refractivity contribution in [2.24, 2.45) is 0 Å². The van der Waals surface area contributed by atoms with Gasteiger partial charge in [-0.1, -0.05) is 30.3 Å². The van der Waals surface area contributed by atoms with Crippen LogP contribution in [0.4, 0.5) is 0 Å². The SMILES string of the molecule is COc1ccc(S(=O)(=O)N(C)CC(O)c2ccccc2)cc1OC. The molecule has 0 heterocycles. The van der Waals surface area contributed by atoms with E-state index in [0.717, 1.165) is 4.31 Å². The van der Waals surface area contributed by atoms with Crippen molar-refractivity contribution in [3.8, 4) is 11.5 Å². The molecule has 7 heteroatoms. The van der Waals surface area contributed by atoms with Crippen molar-refractivity contribution in [2.75, 3.05) is 27.8 Å². The van der Waals surface area contributed by atoms with Crippen LogP contribution < -0.4 is 9.47 Å². The summed E-state index contributed by atoms with van der Waals surface area (Å²) < 4.78 is 36.7. The predicted octanol–water partition coefficient (Wildman–Crippen LogP) is 2.06.